The van der Waals surface area contributed by atoms with Crippen molar-refractivity contribution in [1.82, 2.24) is 0 Å². The zero-order valence-corrected chi connectivity index (χ0v) is 11.2. The van der Waals surface area contributed by atoms with E-state index < -0.39 is 0 Å². The molecule has 0 aliphatic heterocycles. The lowest BCUT2D eigenvalue weighted by molar-refractivity contribution is 0.791. The second-order valence-corrected chi connectivity index (χ2v) is 4.99. The van der Waals surface area contributed by atoms with Crippen LogP contribution in [0, 0.1) is 6.92 Å². The van der Waals surface area contributed by atoms with Crippen LogP contribution in [-0.2, 0) is 0 Å². The summed E-state index contributed by atoms with van der Waals surface area (Å²) in [5.74, 6) is 0.512. The molecule has 2 aromatic rings. The van der Waals surface area contributed by atoms with Gasteiger partial charge in [-0.2, -0.15) is 0 Å². The van der Waals surface area contributed by atoms with Crippen LogP contribution in [0.2, 0.25) is 0 Å². The molecule has 0 aromatic heterocycles. The van der Waals surface area contributed by atoms with E-state index in [-0.39, 0.29) is 0 Å². The predicted octanol–water partition coefficient (Wildman–Crippen LogP) is 5.20. The van der Waals surface area contributed by atoms with Gasteiger partial charge in [-0.1, -0.05) is 73.7 Å². The first-order valence-electron chi connectivity index (χ1n) is 6.46. The minimum Gasteiger partial charge on any atom is -0.0952 e. The molecule has 0 aliphatic carbocycles. The highest BCUT2D eigenvalue weighted by atomic mass is 14.1. The zero-order valence-electron chi connectivity index (χ0n) is 11.2. The maximum atomic E-state index is 4.21. The Kier molecular flexibility index (Phi) is 3.99. The molecule has 0 heteroatoms. The van der Waals surface area contributed by atoms with Crippen molar-refractivity contribution in [3.8, 4) is 0 Å². The SMILES string of the molecule is C=C(CC(C)c1cccc(C)c1)c1ccccc1. The summed E-state index contributed by atoms with van der Waals surface area (Å²) in [6.45, 7) is 8.62. The van der Waals surface area contributed by atoms with Gasteiger partial charge in [-0.05, 0) is 36.0 Å². The number of aryl methyl sites for hydroxylation is 1. The summed E-state index contributed by atoms with van der Waals surface area (Å²) in [6.07, 6.45) is 1.01. The van der Waals surface area contributed by atoms with Crippen LogP contribution in [0.25, 0.3) is 5.57 Å². The smallest absolute Gasteiger partial charge is 0.0150 e. The van der Waals surface area contributed by atoms with Gasteiger partial charge in [-0.25, -0.2) is 0 Å². The van der Waals surface area contributed by atoms with E-state index in [1.807, 2.05) is 6.07 Å². The second-order valence-electron chi connectivity index (χ2n) is 4.99. The Morgan fingerprint density at radius 3 is 2.44 bits per heavy atom. The van der Waals surface area contributed by atoms with Gasteiger partial charge in [-0.3, -0.25) is 0 Å². The van der Waals surface area contributed by atoms with Crippen molar-refractivity contribution in [2.45, 2.75) is 26.2 Å². The third-order valence-corrected chi connectivity index (χ3v) is 3.35. The summed E-state index contributed by atoms with van der Waals surface area (Å²) in [4.78, 5) is 0. The van der Waals surface area contributed by atoms with Crippen molar-refractivity contribution in [2.75, 3.05) is 0 Å². The standard InChI is InChI=1S/C18H20/c1-14-8-7-11-18(12-14)16(3)13-15(2)17-9-5-4-6-10-17/h4-12,16H,2,13H2,1,3H3. The summed E-state index contributed by atoms with van der Waals surface area (Å²) >= 11 is 0. The molecule has 0 saturated heterocycles. The molecule has 0 saturated carbocycles. The molecule has 0 nitrogen and oxygen atoms in total. The van der Waals surface area contributed by atoms with Gasteiger partial charge in [0.15, 0.2) is 0 Å². The predicted molar refractivity (Wildman–Crippen MR) is 79.7 cm³/mol. The minimum atomic E-state index is 0.512. The highest BCUT2D eigenvalue weighted by molar-refractivity contribution is 5.63. The molecule has 0 bridgehead atoms. The van der Waals surface area contributed by atoms with Crippen molar-refractivity contribution < 1.29 is 0 Å². The van der Waals surface area contributed by atoms with E-state index in [1.165, 1.54) is 22.3 Å². The van der Waals surface area contributed by atoms with Crippen LogP contribution < -0.4 is 0 Å². The maximum Gasteiger partial charge on any atom is -0.0150 e. The van der Waals surface area contributed by atoms with Gasteiger partial charge in [0.2, 0.25) is 0 Å². The normalized spacial score (nSPS) is 12.1. The van der Waals surface area contributed by atoms with Gasteiger partial charge in [0, 0.05) is 0 Å². The quantitative estimate of drug-likeness (QED) is 0.684. The van der Waals surface area contributed by atoms with Crippen LogP contribution in [0.1, 0.15) is 36.0 Å². The van der Waals surface area contributed by atoms with E-state index in [2.05, 4.69) is 69.0 Å². The number of hydrogen-bond donors (Lipinski definition) is 0. The van der Waals surface area contributed by atoms with E-state index in [9.17, 15) is 0 Å². The van der Waals surface area contributed by atoms with Gasteiger partial charge in [0.05, 0.1) is 0 Å². The molecule has 92 valence electrons. The fraction of sp³-hybridized carbons (Fsp3) is 0.222. The second kappa shape index (κ2) is 5.68. The molecule has 1 unspecified atom stereocenters. The molecule has 2 rings (SSSR count). The molecule has 0 fully saturated rings. The van der Waals surface area contributed by atoms with E-state index >= 15 is 0 Å². The molecule has 2 aromatic carbocycles. The Morgan fingerprint density at radius 1 is 1.06 bits per heavy atom. The van der Waals surface area contributed by atoms with Crippen LogP contribution in [-0.4, -0.2) is 0 Å². The monoisotopic (exact) mass is 236 g/mol. The van der Waals surface area contributed by atoms with Crippen molar-refractivity contribution >= 4 is 5.57 Å². The maximum absolute atomic E-state index is 4.21. The van der Waals surface area contributed by atoms with Crippen molar-refractivity contribution in [3.63, 3.8) is 0 Å². The fourth-order valence-electron chi connectivity index (χ4n) is 2.26. The summed E-state index contributed by atoms with van der Waals surface area (Å²) in [7, 11) is 0. The molecule has 0 aliphatic rings. The number of allylic oxidation sites excluding steroid dienone is 1. The third kappa shape index (κ3) is 3.10. The summed E-state index contributed by atoms with van der Waals surface area (Å²) in [5, 5.41) is 0. The van der Waals surface area contributed by atoms with E-state index in [1.54, 1.807) is 0 Å². The number of rotatable bonds is 4. The van der Waals surface area contributed by atoms with Gasteiger partial charge in [0.25, 0.3) is 0 Å². The average molecular weight is 236 g/mol. The first-order valence-corrected chi connectivity index (χ1v) is 6.46. The van der Waals surface area contributed by atoms with Crippen LogP contribution in [0.4, 0.5) is 0 Å². The van der Waals surface area contributed by atoms with E-state index in [0.717, 1.165) is 6.42 Å². The highest BCUT2D eigenvalue weighted by Gasteiger charge is 2.08. The Bertz CT molecular complexity index is 523. The summed E-state index contributed by atoms with van der Waals surface area (Å²) in [5.41, 5.74) is 5.18. The van der Waals surface area contributed by atoms with E-state index in [4.69, 9.17) is 0 Å². The van der Waals surface area contributed by atoms with Gasteiger partial charge < -0.3 is 0 Å². The molecule has 0 spiro atoms. The molecule has 0 amide bonds. The van der Waals surface area contributed by atoms with Gasteiger partial charge >= 0.3 is 0 Å². The van der Waals surface area contributed by atoms with Crippen LogP contribution in [0.3, 0.4) is 0 Å². The Balaban J connectivity index is 2.08. The van der Waals surface area contributed by atoms with Crippen molar-refractivity contribution in [1.29, 1.82) is 0 Å². The van der Waals surface area contributed by atoms with Crippen molar-refractivity contribution in [2.24, 2.45) is 0 Å². The number of benzene rings is 2. The Morgan fingerprint density at radius 2 is 1.78 bits per heavy atom. The molecule has 0 N–H and O–H groups in total. The lowest BCUT2D eigenvalue weighted by Crippen LogP contribution is -1.95. The molecular weight excluding hydrogens is 216 g/mol. The fourth-order valence-corrected chi connectivity index (χ4v) is 2.26. The van der Waals surface area contributed by atoms with Crippen LogP contribution >= 0.6 is 0 Å². The van der Waals surface area contributed by atoms with E-state index in [0.29, 0.717) is 5.92 Å². The molecule has 1 atom stereocenters. The highest BCUT2D eigenvalue weighted by Crippen LogP contribution is 2.27. The number of hydrogen-bond acceptors (Lipinski definition) is 0. The minimum absolute atomic E-state index is 0.512. The molecular formula is C18H20. The topological polar surface area (TPSA) is 0 Å². The zero-order chi connectivity index (χ0) is 13.0. The van der Waals surface area contributed by atoms with Crippen LogP contribution in [0.5, 0.6) is 0 Å². The molecule has 18 heavy (non-hydrogen) atoms. The Hall–Kier alpha value is -1.82. The van der Waals surface area contributed by atoms with Crippen LogP contribution in [0.15, 0.2) is 61.2 Å². The molecule has 0 radical (unpaired) electrons. The first-order chi connectivity index (χ1) is 8.66. The first kappa shape index (κ1) is 12.6. The van der Waals surface area contributed by atoms with Gasteiger partial charge in [-0.15, -0.1) is 0 Å². The molecule has 0 heterocycles. The Labute approximate surface area is 110 Å². The third-order valence-electron chi connectivity index (χ3n) is 3.35. The lowest BCUT2D eigenvalue weighted by atomic mass is 9.90. The average Bonchev–Trinajstić information content (AvgIpc) is 2.39. The van der Waals surface area contributed by atoms with Gasteiger partial charge in [0.1, 0.15) is 0 Å². The summed E-state index contributed by atoms with van der Waals surface area (Å²) in [6, 6.07) is 19.2. The lowest BCUT2D eigenvalue weighted by Gasteiger charge is -2.14. The summed E-state index contributed by atoms with van der Waals surface area (Å²) < 4.78 is 0. The van der Waals surface area contributed by atoms with Crippen molar-refractivity contribution in [3.05, 3.63) is 77.9 Å². The largest absolute Gasteiger partial charge is 0.0952 e.